The van der Waals surface area contributed by atoms with Crippen molar-refractivity contribution in [1.82, 2.24) is 0 Å². The topological polar surface area (TPSA) is 0 Å². The number of halogens is 1. The maximum absolute atomic E-state index is 2.35. The molecule has 2 heteroatoms. The Morgan fingerprint density at radius 2 is 0.857 bits per heavy atom. The highest BCUT2D eigenvalue weighted by molar-refractivity contribution is 4.49. The molecule has 0 fully saturated rings. The van der Waals surface area contributed by atoms with Crippen LogP contribution in [0, 0.1) is 0 Å². The van der Waals surface area contributed by atoms with Gasteiger partial charge in [0.1, 0.15) is 0 Å². The van der Waals surface area contributed by atoms with E-state index in [-0.39, 0.29) is 12.4 Å². The molecule has 130 valence electrons. The minimum absolute atomic E-state index is 0. The fraction of sp³-hybridized carbons (Fsp3) is 1.00. The molecule has 0 rings (SSSR count). The van der Waals surface area contributed by atoms with Crippen LogP contribution in [0.25, 0.3) is 0 Å². The first-order valence-electron chi connectivity index (χ1n) is 9.44. The van der Waals surface area contributed by atoms with Crippen LogP contribution in [0.1, 0.15) is 97.3 Å². The summed E-state index contributed by atoms with van der Waals surface area (Å²) in [6.45, 7) is 7.21. The molecule has 0 atom stereocenters. The number of hydrogen-bond acceptors (Lipinski definition) is 0. The van der Waals surface area contributed by atoms with Crippen LogP contribution in [-0.4, -0.2) is 31.7 Å². The SMILES string of the molecule is CCCCCCCCCCCCCCC[N+](C)(C)CC.[Cl-]. The molecule has 0 amide bonds. The fourth-order valence-corrected chi connectivity index (χ4v) is 2.72. The van der Waals surface area contributed by atoms with E-state index in [4.69, 9.17) is 0 Å². The lowest BCUT2D eigenvalue weighted by molar-refractivity contribution is -0.888. The first-order chi connectivity index (χ1) is 9.62. The molecule has 0 saturated carbocycles. The van der Waals surface area contributed by atoms with Gasteiger partial charge in [0.05, 0.1) is 27.2 Å². The summed E-state index contributed by atoms with van der Waals surface area (Å²) >= 11 is 0. The van der Waals surface area contributed by atoms with Crippen molar-refractivity contribution in [3.63, 3.8) is 0 Å². The summed E-state index contributed by atoms with van der Waals surface area (Å²) in [5, 5.41) is 0. The molecule has 0 heterocycles. The highest BCUT2D eigenvalue weighted by Gasteiger charge is 2.09. The highest BCUT2D eigenvalue weighted by Crippen LogP contribution is 2.13. The zero-order valence-electron chi connectivity index (χ0n) is 15.4. The molecule has 0 radical (unpaired) electrons. The molecule has 1 nitrogen and oxygen atoms in total. The summed E-state index contributed by atoms with van der Waals surface area (Å²) in [5.74, 6) is 0. The maximum atomic E-state index is 2.35. The molecule has 21 heavy (non-hydrogen) atoms. The predicted octanol–water partition coefficient (Wildman–Crippen LogP) is 3.18. The van der Waals surface area contributed by atoms with Crippen molar-refractivity contribution in [3.8, 4) is 0 Å². The van der Waals surface area contributed by atoms with E-state index in [9.17, 15) is 0 Å². The molecule has 0 aromatic rings. The van der Waals surface area contributed by atoms with Gasteiger partial charge in [-0.05, 0) is 19.8 Å². The van der Waals surface area contributed by atoms with Gasteiger partial charge in [-0.2, -0.15) is 0 Å². The second kappa shape index (κ2) is 16.6. The first-order valence-corrected chi connectivity index (χ1v) is 9.44. The third-order valence-corrected chi connectivity index (χ3v) is 4.72. The number of nitrogens with zero attached hydrogens (tertiary/aromatic N) is 1. The van der Waals surface area contributed by atoms with Crippen LogP contribution in [0.5, 0.6) is 0 Å². The molecule has 0 aromatic heterocycles. The summed E-state index contributed by atoms with van der Waals surface area (Å²) in [6, 6.07) is 0. The van der Waals surface area contributed by atoms with Gasteiger partial charge in [0.25, 0.3) is 0 Å². The van der Waals surface area contributed by atoms with Crippen LogP contribution in [0.15, 0.2) is 0 Å². The van der Waals surface area contributed by atoms with Crippen LogP contribution in [0.3, 0.4) is 0 Å². The molecule has 0 bridgehead atoms. The minimum Gasteiger partial charge on any atom is -1.00 e. The second-order valence-corrected chi connectivity index (χ2v) is 7.22. The summed E-state index contributed by atoms with van der Waals surface area (Å²) in [7, 11) is 4.70. The first kappa shape index (κ1) is 23.5. The van der Waals surface area contributed by atoms with Crippen LogP contribution in [0.2, 0.25) is 0 Å². The number of quaternary nitrogens is 1. The lowest BCUT2D eigenvalue weighted by Gasteiger charge is -2.28. The third-order valence-electron chi connectivity index (χ3n) is 4.72. The molecule has 0 aliphatic heterocycles. The molecule has 0 aliphatic rings. The van der Waals surface area contributed by atoms with Gasteiger partial charge >= 0.3 is 0 Å². The monoisotopic (exact) mass is 319 g/mol. The van der Waals surface area contributed by atoms with Crippen LogP contribution >= 0.6 is 0 Å². The molecule has 0 unspecified atom stereocenters. The van der Waals surface area contributed by atoms with Crippen LogP contribution < -0.4 is 12.4 Å². The number of hydrogen-bond donors (Lipinski definition) is 0. The van der Waals surface area contributed by atoms with Gasteiger partial charge in [0.2, 0.25) is 0 Å². The second-order valence-electron chi connectivity index (χ2n) is 7.22. The smallest absolute Gasteiger partial charge is 0.0782 e. The zero-order chi connectivity index (χ0) is 15.1. The Bertz CT molecular complexity index is 192. The van der Waals surface area contributed by atoms with E-state index in [0.717, 1.165) is 0 Å². The minimum atomic E-state index is 0. The zero-order valence-corrected chi connectivity index (χ0v) is 16.2. The summed E-state index contributed by atoms with van der Waals surface area (Å²) in [5.41, 5.74) is 0. The molecule has 0 saturated heterocycles. The summed E-state index contributed by atoms with van der Waals surface area (Å²) < 4.78 is 1.19. The standard InChI is InChI=1S/C19H42N.ClH/c1-5-7-8-9-10-11-12-13-14-15-16-17-18-19-20(3,4)6-2;/h5-19H2,1-4H3;1H/q+1;/p-1. The van der Waals surface area contributed by atoms with Crippen molar-refractivity contribution in [3.05, 3.63) is 0 Å². The van der Waals surface area contributed by atoms with E-state index in [1.165, 1.54) is 101 Å². The Morgan fingerprint density at radius 1 is 0.524 bits per heavy atom. The van der Waals surface area contributed by atoms with Gasteiger partial charge in [-0.15, -0.1) is 0 Å². The van der Waals surface area contributed by atoms with E-state index in [2.05, 4.69) is 27.9 Å². The molecule has 0 aromatic carbocycles. The fourth-order valence-electron chi connectivity index (χ4n) is 2.72. The molecular formula is C19H42ClN. The summed E-state index contributed by atoms with van der Waals surface area (Å²) in [6.07, 6.45) is 18.9. The molecule has 0 N–H and O–H groups in total. The molecular weight excluding hydrogens is 278 g/mol. The van der Waals surface area contributed by atoms with Crippen molar-refractivity contribution in [2.75, 3.05) is 27.2 Å². The van der Waals surface area contributed by atoms with Crippen molar-refractivity contribution in [1.29, 1.82) is 0 Å². The quantitative estimate of drug-likeness (QED) is 0.321. The molecule has 0 spiro atoms. The average Bonchev–Trinajstić information content (AvgIpc) is 2.44. The van der Waals surface area contributed by atoms with Gasteiger partial charge < -0.3 is 16.9 Å². The van der Waals surface area contributed by atoms with Gasteiger partial charge in [-0.25, -0.2) is 0 Å². The normalized spacial score (nSPS) is 11.4. The number of unbranched alkanes of at least 4 members (excludes halogenated alkanes) is 12. The lowest BCUT2D eigenvalue weighted by Crippen LogP contribution is -3.00. The number of rotatable bonds is 15. The van der Waals surface area contributed by atoms with Gasteiger partial charge in [-0.1, -0.05) is 77.6 Å². The average molecular weight is 320 g/mol. The van der Waals surface area contributed by atoms with E-state index in [1.54, 1.807) is 0 Å². The van der Waals surface area contributed by atoms with Crippen molar-refractivity contribution < 1.29 is 16.9 Å². The van der Waals surface area contributed by atoms with Crippen molar-refractivity contribution >= 4 is 0 Å². The maximum Gasteiger partial charge on any atom is 0.0782 e. The van der Waals surface area contributed by atoms with E-state index in [1.807, 2.05) is 0 Å². The van der Waals surface area contributed by atoms with Gasteiger partial charge in [0, 0.05) is 0 Å². The predicted molar refractivity (Wildman–Crippen MR) is 93.2 cm³/mol. The van der Waals surface area contributed by atoms with Gasteiger partial charge in [-0.3, -0.25) is 0 Å². The van der Waals surface area contributed by atoms with E-state index in [0.29, 0.717) is 0 Å². The Hall–Kier alpha value is 0.250. The van der Waals surface area contributed by atoms with Crippen LogP contribution in [-0.2, 0) is 0 Å². The summed E-state index contributed by atoms with van der Waals surface area (Å²) in [4.78, 5) is 0. The van der Waals surface area contributed by atoms with E-state index >= 15 is 0 Å². The van der Waals surface area contributed by atoms with Crippen molar-refractivity contribution in [2.45, 2.75) is 97.3 Å². The molecule has 0 aliphatic carbocycles. The Balaban J connectivity index is 0. The highest BCUT2D eigenvalue weighted by atomic mass is 35.5. The Morgan fingerprint density at radius 3 is 1.19 bits per heavy atom. The van der Waals surface area contributed by atoms with Gasteiger partial charge in [0.15, 0.2) is 0 Å². The Labute approximate surface area is 141 Å². The van der Waals surface area contributed by atoms with Crippen molar-refractivity contribution in [2.24, 2.45) is 0 Å². The third kappa shape index (κ3) is 18.2. The largest absolute Gasteiger partial charge is 1.00 e. The lowest BCUT2D eigenvalue weighted by atomic mass is 10.0. The van der Waals surface area contributed by atoms with Crippen LogP contribution in [0.4, 0.5) is 0 Å². The van der Waals surface area contributed by atoms with E-state index < -0.39 is 0 Å². The Kier molecular flexibility index (Phi) is 18.6.